The van der Waals surface area contributed by atoms with Crippen molar-refractivity contribution in [2.75, 3.05) is 11.5 Å². The zero-order chi connectivity index (χ0) is 9.41. The molecule has 1 fully saturated rings. The number of carbonyl (C=O) groups excluding carboxylic acids is 1. The average Bonchev–Trinajstić information content (AvgIpc) is 2.69. The Balaban J connectivity index is 2.70. The monoisotopic (exact) mass is 191 g/mol. The van der Waals surface area contributed by atoms with E-state index in [-0.39, 0.29) is 11.5 Å². The van der Waals surface area contributed by atoms with Crippen molar-refractivity contribution in [1.82, 2.24) is 0 Å². The molecule has 1 aliphatic carbocycles. The van der Waals surface area contributed by atoms with Crippen LogP contribution < -0.4 is 5.73 Å². The molecular weight excluding hydrogens is 178 g/mol. The topological polar surface area (TPSA) is 77.2 Å². The van der Waals surface area contributed by atoms with Crippen molar-refractivity contribution in [1.29, 1.82) is 0 Å². The fourth-order valence-corrected chi connectivity index (χ4v) is 2.61. The molecule has 1 saturated carbocycles. The lowest BCUT2D eigenvalue weighted by Gasteiger charge is -2.09. The molecule has 1 aliphatic rings. The standard InChI is InChI=1S/C7H13NO3S/c1-2-12(10,11)5-7(3-4-7)6(8)9/h2-5H2,1H3,(H2,8,9). The van der Waals surface area contributed by atoms with Crippen LogP contribution in [-0.4, -0.2) is 25.8 Å². The van der Waals surface area contributed by atoms with Crippen LogP contribution in [0, 0.1) is 5.41 Å². The van der Waals surface area contributed by atoms with Gasteiger partial charge in [0.05, 0.1) is 11.2 Å². The molecule has 12 heavy (non-hydrogen) atoms. The highest BCUT2D eigenvalue weighted by atomic mass is 32.2. The van der Waals surface area contributed by atoms with Crippen molar-refractivity contribution in [2.24, 2.45) is 11.1 Å². The van der Waals surface area contributed by atoms with Gasteiger partial charge in [0.1, 0.15) is 0 Å². The first-order valence-corrected chi connectivity index (χ1v) is 5.74. The average molecular weight is 191 g/mol. The highest BCUT2D eigenvalue weighted by molar-refractivity contribution is 7.91. The lowest BCUT2D eigenvalue weighted by atomic mass is 10.1. The Kier molecular flexibility index (Phi) is 2.16. The summed E-state index contributed by atoms with van der Waals surface area (Å²) in [6.07, 6.45) is 1.25. The smallest absolute Gasteiger partial charge is 0.224 e. The maximum absolute atomic E-state index is 11.2. The summed E-state index contributed by atoms with van der Waals surface area (Å²) < 4.78 is 22.3. The van der Waals surface area contributed by atoms with Crippen molar-refractivity contribution in [3.8, 4) is 0 Å². The molecule has 0 unspecified atom stereocenters. The van der Waals surface area contributed by atoms with Crippen molar-refractivity contribution < 1.29 is 13.2 Å². The van der Waals surface area contributed by atoms with E-state index in [1.54, 1.807) is 6.92 Å². The van der Waals surface area contributed by atoms with Gasteiger partial charge in [-0.3, -0.25) is 4.79 Å². The third kappa shape index (κ3) is 1.77. The first-order valence-electron chi connectivity index (χ1n) is 3.92. The summed E-state index contributed by atoms with van der Waals surface area (Å²) in [5, 5.41) is 0. The van der Waals surface area contributed by atoms with Crippen LogP contribution in [0.5, 0.6) is 0 Å². The molecule has 70 valence electrons. The number of nitrogens with two attached hydrogens (primary N) is 1. The quantitative estimate of drug-likeness (QED) is 0.662. The molecule has 0 aromatic rings. The Morgan fingerprint density at radius 2 is 2.00 bits per heavy atom. The van der Waals surface area contributed by atoms with Gasteiger partial charge in [-0.25, -0.2) is 8.42 Å². The van der Waals surface area contributed by atoms with E-state index in [0.29, 0.717) is 12.8 Å². The summed E-state index contributed by atoms with van der Waals surface area (Å²) in [5.41, 5.74) is 4.38. The first kappa shape index (κ1) is 9.51. The Bertz CT molecular complexity index is 290. The van der Waals surface area contributed by atoms with Gasteiger partial charge in [-0.15, -0.1) is 0 Å². The van der Waals surface area contributed by atoms with Crippen molar-refractivity contribution >= 4 is 15.7 Å². The van der Waals surface area contributed by atoms with Gasteiger partial charge in [0.15, 0.2) is 9.84 Å². The van der Waals surface area contributed by atoms with Gasteiger partial charge in [-0.2, -0.15) is 0 Å². The van der Waals surface area contributed by atoms with Crippen LogP contribution in [0.2, 0.25) is 0 Å². The maximum Gasteiger partial charge on any atom is 0.224 e. The lowest BCUT2D eigenvalue weighted by Crippen LogP contribution is -2.31. The second-order valence-corrected chi connectivity index (χ2v) is 5.67. The van der Waals surface area contributed by atoms with E-state index < -0.39 is 21.2 Å². The minimum Gasteiger partial charge on any atom is -0.369 e. The molecule has 1 rings (SSSR count). The highest BCUT2D eigenvalue weighted by Crippen LogP contribution is 2.46. The molecule has 0 saturated heterocycles. The summed E-state index contributed by atoms with van der Waals surface area (Å²) in [4.78, 5) is 10.8. The van der Waals surface area contributed by atoms with Gasteiger partial charge in [-0.1, -0.05) is 6.92 Å². The molecule has 2 N–H and O–H groups in total. The number of primary amides is 1. The molecule has 0 atom stereocenters. The van der Waals surface area contributed by atoms with Gasteiger partial charge in [-0.05, 0) is 12.8 Å². The molecule has 0 aromatic heterocycles. The Morgan fingerprint density at radius 1 is 1.50 bits per heavy atom. The van der Waals surface area contributed by atoms with Crippen molar-refractivity contribution in [3.63, 3.8) is 0 Å². The molecule has 0 heterocycles. The van der Waals surface area contributed by atoms with E-state index in [1.807, 2.05) is 0 Å². The number of hydrogen-bond donors (Lipinski definition) is 1. The summed E-state index contributed by atoms with van der Waals surface area (Å²) in [6, 6.07) is 0. The third-order valence-electron chi connectivity index (χ3n) is 2.31. The molecule has 0 aliphatic heterocycles. The zero-order valence-electron chi connectivity index (χ0n) is 7.04. The van der Waals surface area contributed by atoms with E-state index in [0.717, 1.165) is 0 Å². The highest BCUT2D eigenvalue weighted by Gasteiger charge is 2.51. The Hall–Kier alpha value is -0.580. The van der Waals surface area contributed by atoms with E-state index in [4.69, 9.17) is 5.73 Å². The van der Waals surface area contributed by atoms with E-state index in [9.17, 15) is 13.2 Å². The maximum atomic E-state index is 11.2. The molecule has 0 spiro atoms. The minimum absolute atomic E-state index is 0.0637. The number of carbonyl (C=O) groups is 1. The SMILES string of the molecule is CCS(=O)(=O)CC1(C(N)=O)CC1. The number of sulfone groups is 1. The number of hydrogen-bond acceptors (Lipinski definition) is 3. The molecule has 0 bridgehead atoms. The van der Waals surface area contributed by atoms with Gasteiger partial charge >= 0.3 is 0 Å². The zero-order valence-corrected chi connectivity index (χ0v) is 7.86. The summed E-state index contributed by atoms with van der Waals surface area (Å²) >= 11 is 0. The molecule has 0 aromatic carbocycles. The molecular formula is C7H13NO3S. The summed E-state index contributed by atoms with van der Waals surface area (Å²) in [7, 11) is -3.06. The third-order valence-corrected chi connectivity index (χ3v) is 4.18. The van der Waals surface area contributed by atoms with E-state index in [1.165, 1.54) is 0 Å². The minimum atomic E-state index is -3.06. The fraction of sp³-hybridized carbons (Fsp3) is 0.857. The van der Waals surface area contributed by atoms with Crippen LogP contribution in [0.4, 0.5) is 0 Å². The van der Waals surface area contributed by atoms with Gasteiger partial charge in [0, 0.05) is 5.75 Å². The summed E-state index contributed by atoms with van der Waals surface area (Å²) in [5.74, 6) is -0.451. The second-order valence-electron chi connectivity index (χ2n) is 3.32. The molecule has 4 nitrogen and oxygen atoms in total. The molecule has 1 amide bonds. The Morgan fingerprint density at radius 3 is 2.25 bits per heavy atom. The second kappa shape index (κ2) is 2.73. The van der Waals surface area contributed by atoms with Crippen molar-refractivity contribution in [3.05, 3.63) is 0 Å². The number of rotatable bonds is 4. The van der Waals surface area contributed by atoms with Gasteiger partial charge < -0.3 is 5.73 Å². The fourth-order valence-electron chi connectivity index (χ4n) is 1.14. The number of amides is 1. The largest absolute Gasteiger partial charge is 0.369 e. The van der Waals surface area contributed by atoms with Gasteiger partial charge in [0.2, 0.25) is 5.91 Å². The van der Waals surface area contributed by atoms with Crippen molar-refractivity contribution in [2.45, 2.75) is 19.8 Å². The van der Waals surface area contributed by atoms with Crippen LogP contribution >= 0.6 is 0 Å². The first-order chi connectivity index (χ1) is 5.42. The predicted molar refractivity (Wildman–Crippen MR) is 45.2 cm³/mol. The Labute approximate surface area is 72.0 Å². The predicted octanol–water partition coefficient (Wildman–Crippen LogP) is -0.313. The summed E-state index contributed by atoms with van der Waals surface area (Å²) in [6.45, 7) is 1.58. The van der Waals surface area contributed by atoms with Crippen LogP contribution in [0.1, 0.15) is 19.8 Å². The van der Waals surface area contributed by atoms with Gasteiger partial charge in [0.25, 0.3) is 0 Å². The van der Waals surface area contributed by atoms with Crippen LogP contribution in [0.3, 0.4) is 0 Å². The lowest BCUT2D eigenvalue weighted by molar-refractivity contribution is -0.122. The van der Waals surface area contributed by atoms with Crippen LogP contribution in [0.25, 0.3) is 0 Å². The van der Waals surface area contributed by atoms with E-state index in [2.05, 4.69) is 0 Å². The van der Waals surface area contributed by atoms with E-state index >= 15 is 0 Å². The molecule has 0 radical (unpaired) electrons. The van der Waals surface area contributed by atoms with Crippen LogP contribution in [-0.2, 0) is 14.6 Å². The van der Waals surface area contributed by atoms with Crippen LogP contribution in [0.15, 0.2) is 0 Å². The normalized spacial score (nSPS) is 20.4. The molecule has 5 heteroatoms.